The average Bonchev–Trinajstić information content (AvgIpc) is 3.40. The van der Waals surface area contributed by atoms with Gasteiger partial charge < -0.3 is 31.4 Å². The van der Waals surface area contributed by atoms with E-state index in [1.807, 2.05) is 0 Å². The highest BCUT2D eigenvalue weighted by Crippen LogP contribution is 2.21. The van der Waals surface area contributed by atoms with Crippen LogP contribution in [-0.4, -0.2) is 74.4 Å². The Morgan fingerprint density at radius 1 is 1.19 bits per heavy atom. The lowest BCUT2D eigenvalue weighted by Gasteiger charge is -2.31. The van der Waals surface area contributed by atoms with Gasteiger partial charge in [0.05, 0.1) is 12.4 Å². The summed E-state index contributed by atoms with van der Waals surface area (Å²) in [7, 11) is 0. The Hall–Kier alpha value is -2.95. The number of hydrogen-bond donors (Lipinski definition) is 5. The minimum atomic E-state index is -1.12. The highest BCUT2D eigenvalue weighted by Gasteiger charge is 2.40. The summed E-state index contributed by atoms with van der Waals surface area (Å²) in [5, 5.41) is 14.6. The van der Waals surface area contributed by atoms with Gasteiger partial charge in [0.2, 0.25) is 17.7 Å². The van der Waals surface area contributed by atoms with Gasteiger partial charge in [-0.25, -0.2) is 9.78 Å². The maximum Gasteiger partial charge on any atom is 0.326 e. The van der Waals surface area contributed by atoms with Crippen LogP contribution < -0.4 is 16.4 Å². The molecule has 0 aliphatic carbocycles. The van der Waals surface area contributed by atoms with Crippen molar-refractivity contribution in [3.63, 3.8) is 0 Å². The minimum absolute atomic E-state index is 0.238. The molecule has 0 radical (unpaired) electrons. The summed E-state index contributed by atoms with van der Waals surface area (Å²) in [5.41, 5.74) is 6.70. The van der Waals surface area contributed by atoms with Crippen molar-refractivity contribution in [1.29, 1.82) is 0 Å². The monoisotopic (exact) mass is 450 g/mol. The first-order valence-corrected chi connectivity index (χ1v) is 10.9. The summed E-state index contributed by atoms with van der Waals surface area (Å²) in [6.45, 7) is 7.36. The topological polar surface area (TPSA) is 171 Å². The van der Waals surface area contributed by atoms with Crippen molar-refractivity contribution < 1.29 is 24.3 Å². The van der Waals surface area contributed by atoms with E-state index in [0.717, 1.165) is 0 Å². The van der Waals surface area contributed by atoms with Gasteiger partial charge in [0.1, 0.15) is 18.1 Å². The van der Waals surface area contributed by atoms with Crippen LogP contribution in [0.25, 0.3) is 0 Å². The maximum atomic E-state index is 13.3. The summed E-state index contributed by atoms with van der Waals surface area (Å²) >= 11 is 0. The van der Waals surface area contributed by atoms with Crippen LogP contribution in [0.2, 0.25) is 0 Å². The summed E-state index contributed by atoms with van der Waals surface area (Å²) in [6, 6.07) is -3.55. The number of aromatic nitrogens is 2. The smallest absolute Gasteiger partial charge is 0.326 e. The van der Waals surface area contributed by atoms with Crippen LogP contribution in [0, 0.1) is 11.8 Å². The zero-order valence-corrected chi connectivity index (χ0v) is 19.0. The summed E-state index contributed by atoms with van der Waals surface area (Å²) in [5.74, 6) is -3.02. The number of hydrogen-bond acceptors (Lipinski definition) is 6. The van der Waals surface area contributed by atoms with Gasteiger partial charge in [-0.15, -0.1) is 0 Å². The second kappa shape index (κ2) is 11.1. The molecule has 178 valence electrons. The van der Waals surface area contributed by atoms with Crippen LogP contribution in [-0.2, 0) is 25.6 Å². The summed E-state index contributed by atoms with van der Waals surface area (Å²) < 4.78 is 0. The van der Waals surface area contributed by atoms with Crippen LogP contribution >= 0.6 is 0 Å². The first-order valence-electron chi connectivity index (χ1n) is 10.9. The van der Waals surface area contributed by atoms with Crippen molar-refractivity contribution in [3.05, 3.63) is 18.2 Å². The fraction of sp³-hybridized carbons (Fsp3) is 0.667. The van der Waals surface area contributed by atoms with Gasteiger partial charge in [-0.2, -0.15) is 0 Å². The third kappa shape index (κ3) is 6.28. The Kier molecular flexibility index (Phi) is 8.76. The number of imidazole rings is 1. The number of nitrogens with zero attached hydrogens (tertiary/aromatic N) is 2. The molecule has 6 N–H and O–H groups in total. The van der Waals surface area contributed by atoms with Crippen LogP contribution in [0.4, 0.5) is 0 Å². The van der Waals surface area contributed by atoms with E-state index in [9.17, 15) is 24.3 Å². The van der Waals surface area contributed by atoms with E-state index in [4.69, 9.17) is 5.73 Å². The molecule has 1 aromatic heterocycles. The van der Waals surface area contributed by atoms with Gasteiger partial charge in [-0.1, -0.05) is 27.7 Å². The number of carbonyl (C=O) groups is 4. The number of likely N-dealkylation sites (tertiary alicyclic amines) is 1. The predicted molar refractivity (Wildman–Crippen MR) is 116 cm³/mol. The van der Waals surface area contributed by atoms with E-state index in [2.05, 4.69) is 20.6 Å². The fourth-order valence-corrected chi connectivity index (χ4v) is 3.74. The highest BCUT2D eigenvalue weighted by molar-refractivity contribution is 5.94. The molecule has 11 heteroatoms. The zero-order chi connectivity index (χ0) is 24.0. The van der Waals surface area contributed by atoms with Crippen LogP contribution in [0.15, 0.2) is 12.5 Å². The Morgan fingerprint density at radius 3 is 2.38 bits per heavy atom. The molecule has 0 saturated carbocycles. The van der Waals surface area contributed by atoms with Gasteiger partial charge in [0, 0.05) is 24.9 Å². The molecule has 3 amide bonds. The Balaban J connectivity index is 2.07. The van der Waals surface area contributed by atoms with Gasteiger partial charge >= 0.3 is 5.97 Å². The number of H-pyrrole nitrogens is 1. The van der Waals surface area contributed by atoms with Crippen LogP contribution in [0.5, 0.6) is 0 Å². The fourth-order valence-electron chi connectivity index (χ4n) is 3.74. The highest BCUT2D eigenvalue weighted by atomic mass is 16.4. The van der Waals surface area contributed by atoms with Crippen molar-refractivity contribution in [2.75, 3.05) is 6.54 Å². The Morgan fingerprint density at radius 2 is 1.84 bits per heavy atom. The number of carbonyl (C=O) groups excluding carboxylic acids is 3. The number of amides is 3. The normalized spacial score (nSPS) is 19.0. The molecule has 0 bridgehead atoms. The Bertz CT molecular complexity index is 810. The molecule has 32 heavy (non-hydrogen) atoms. The molecule has 1 aromatic rings. The van der Waals surface area contributed by atoms with Crippen molar-refractivity contribution >= 4 is 23.7 Å². The molecular formula is C21H34N6O5. The third-order valence-corrected chi connectivity index (χ3v) is 5.63. The van der Waals surface area contributed by atoms with Gasteiger partial charge in [-0.05, 0) is 24.7 Å². The van der Waals surface area contributed by atoms with E-state index >= 15 is 0 Å². The first-order chi connectivity index (χ1) is 15.0. The SMILES string of the molecule is CC(C)C(NC(=O)C1CCCN1C(=O)C(NC(=O)C(N)Cc1cnc[nH]1)C(C)C)C(=O)O. The average molecular weight is 451 g/mol. The lowest BCUT2D eigenvalue weighted by molar-refractivity contribution is -0.146. The van der Waals surface area contributed by atoms with E-state index in [-0.39, 0.29) is 24.2 Å². The number of carboxylic acids is 1. The molecule has 11 nitrogen and oxygen atoms in total. The molecular weight excluding hydrogens is 416 g/mol. The molecule has 2 heterocycles. The molecule has 2 rings (SSSR count). The molecule has 1 saturated heterocycles. The Labute approximate surface area is 187 Å². The van der Waals surface area contributed by atoms with Crippen molar-refractivity contribution in [2.24, 2.45) is 17.6 Å². The summed E-state index contributed by atoms with van der Waals surface area (Å²) in [4.78, 5) is 58.4. The number of nitrogens with one attached hydrogen (secondary N) is 3. The van der Waals surface area contributed by atoms with Crippen molar-refractivity contribution in [2.45, 2.75) is 71.1 Å². The van der Waals surface area contributed by atoms with E-state index in [0.29, 0.717) is 25.1 Å². The molecule has 0 spiro atoms. The van der Waals surface area contributed by atoms with Crippen molar-refractivity contribution in [3.8, 4) is 0 Å². The van der Waals surface area contributed by atoms with E-state index < -0.39 is 42.0 Å². The van der Waals surface area contributed by atoms with E-state index in [1.165, 1.54) is 11.2 Å². The number of carboxylic acid groups (broad SMARTS) is 1. The van der Waals surface area contributed by atoms with Gasteiger partial charge in [-0.3, -0.25) is 14.4 Å². The third-order valence-electron chi connectivity index (χ3n) is 5.63. The second-order valence-corrected chi connectivity index (χ2v) is 8.88. The predicted octanol–water partition coefficient (Wildman–Crippen LogP) is -0.363. The number of aromatic amines is 1. The standard InChI is InChI=1S/C21H34N6O5/c1-11(2)16(25-18(28)14(22)8-13-9-23-10-24-13)20(30)27-7-5-6-15(27)19(29)26-17(12(3)4)21(31)32/h9-12,14-17H,5-8,22H2,1-4H3,(H,23,24)(H,25,28)(H,26,29)(H,31,32). The lowest BCUT2D eigenvalue weighted by atomic mass is 10.0. The maximum absolute atomic E-state index is 13.3. The number of rotatable bonds is 10. The minimum Gasteiger partial charge on any atom is -0.480 e. The molecule has 4 unspecified atom stereocenters. The largest absolute Gasteiger partial charge is 0.480 e. The van der Waals surface area contributed by atoms with Gasteiger partial charge in [0.15, 0.2) is 0 Å². The number of aliphatic carboxylic acids is 1. The van der Waals surface area contributed by atoms with E-state index in [1.54, 1.807) is 33.9 Å². The quantitative estimate of drug-likeness (QED) is 0.324. The first kappa shape index (κ1) is 25.3. The van der Waals surface area contributed by atoms with Crippen LogP contribution in [0.3, 0.4) is 0 Å². The van der Waals surface area contributed by atoms with Crippen molar-refractivity contribution in [1.82, 2.24) is 25.5 Å². The molecule has 0 aromatic carbocycles. The molecule has 1 aliphatic rings. The molecule has 1 aliphatic heterocycles. The summed E-state index contributed by atoms with van der Waals surface area (Å²) in [6.07, 6.45) is 4.35. The number of nitrogens with two attached hydrogens (primary N) is 1. The van der Waals surface area contributed by atoms with Gasteiger partial charge in [0.25, 0.3) is 0 Å². The molecule has 1 fully saturated rings. The molecule has 4 atom stereocenters. The van der Waals surface area contributed by atoms with Crippen LogP contribution in [0.1, 0.15) is 46.2 Å². The second-order valence-electron chi connectivity index (χ2n) is 8.88. The zero-order valence-electron chi connectivity index (χ0n) is 19.0. The lowest BCUT2D eigenvalue weighted by Crippen LogP contribution is -2.58.